The molecule has 0 fully saturated rings. The van der Waals surface area contributed by atoms with E-state index < -0.39 is 28.5 Å². The highest BCUT2D eigenvalue weighted by molar-refractivity contribution is 7.92. The summed E-state index contributed by atoms with van der Waals surface area (Å²) in [5, 5.41) is 3.50. The zero-order valence-electron chi connectivity index (χ0n) is 21.9. The molecule has 0 aliphatic rings. The minimum Gasteiger partial charge on any atom is -0.497 e. The molecule has 0 saturated carbocycles. The third kappa shape index (κ3) is 7.44. The van der Waals surface area contributed by atoms with Crippen molar-refractivity contribution in [2.45, 2.75) is 37.8 Å². The highest BCUT2D eigenvalue weighted by atomic mass is 35.5. The van der Waals surface area contributed by atoms with Crippen LogP contribution in [-0.2, 0) is 26.2 Å². The summed E-state index contributed by atoms with van der Waals surface area (Å²) in [6.45, 7) is 3.39. The summed E-state index contributed by atoms with van der Waals surface area (Å²) in [6, 6.07) is 18.2. The van der Waals surface area contributed by atoms with Crippen LogP contribution in [0.15, 0.2) is 77.7 Å². The SMILES string of the molecule is CCNC(=O)[C@H](CC)N(Cc1ccccc1Cl)C(=O)CN(c1cccc(Cl)c1)S(=O)(=O)c1ccc(OC)cc1. The van der Waals surface area contributed by atoms with Gasteiger partial charge in [0.2, 0.25) is 11.8 Å². The number of benzene rings is 3. The molecule has 3 rings (SSSR count). The number of carbonyl (C=O) groups excluding carboxylic acids is 2. The first-order valence-corrected chi connectivity index (χ1v) is 14.5. The van der Waals surface area contributed by atoms with Gasteiger partial charge in [-0.3, -0.25) is 13.9 Å². The number of sulfonamides is 1. The van der Waals surface area contributed by atoms with Gasteiger partial charge in [0, 0.05) is 23.1 Å². The normalized spacial score (nSPS) is 11.9. The summed E-state index contributed by atoms with van der Waals surface area (Å²) in [5.41, 5.74) is 0.831. The number of ether oxygens (including phenoxy) is 1. The Hall–Kier alpha value is -3.27. The van der Waals surface area contributed by atoms with E-state index in [4.69, 9.17) is 27.9 Å². The van der Waals surface area contributed by atoms with Crippen LogP contribution in [0, 0.1) is 0 Å². The molecule has 0 bridgehead atoms. The van der Waals surface area contributed by atoms with Gasteiger partial charge in [-0.05, 0) is 67.4 Å². The maximum Gasteiger partial charge on any atom is 0.264 e. The Kier molecular flexibility index (Phi) is 10.6. The lowest BCUT2D eigenvalue weighted by Gasteiger charge is -2.33. The van der Waals surface area contributed by atoms with Gasteiger partial charge in [0.05, 0.1) is 17.7 Å². The van der Waals surface area contributed by atoms with Gasteiger partial charge in [0.1, 0.15) is 18.3 Å². The predicted molar refractivity (Wildman–Crippen MR) is 154 cm³/mol. The van der Waals surface area contributed by atoms with Gasteiger partial charge < -0.3 is 15.0 Å². The first kappa shape index (κ1) is 30.3. The van der Waals surface area contributed by atoms with Gasteiger partial charge in [-0.15, -0.1) is 0 Å². The Labute approximate surface area is 239 Å². The summed E-state index contributed by atoms with van der Waals surface area (Å²) in [5.74, 6) is -0.434. The van der Waals surface area contributed by atoms with Crippen LogP contribution < -0.4 is 14.4 Å². The first-order valence-electron chi connectivity index (χ1n) is 12.3. The zero-order chi connectivity index (χ0) is 28.6. The Morgan fingerprint density at radius 1 is 0.974 bits per heavy atom. The summed E-state index contributed by atoms with van der Waals surface area (Å²) in [7, 11) is -2.74. The first-order chi connectivity index (χ1) is 18.6. The van der Waals surface area contributed by atoms with E-state index >= 15 is 0 Å². The molecular weight excluding hydrogens is 561 g/mol. The van der Waals surface area contributed by atoms with Crippen molar-refractivity contribution < 1.29 is 22.7 Å². The van der Waals surface area contributed by atoms with Gasteiger partial charge in [0.25, 0.3) is 10.0 Å². The molecule has 0 aliphatic heterocycles. The standard InChI is InChI=1S/C28H31Cl2N3O5S/c1-4-26(28(35)31-5-2)32(18-20-9-6-7-12-25(20)30)27(34)19-33(22-11-8-10-21(29)17-22)39(36,37)24-15-13-23(38-3)14-16-24/h6-17,26H,4-5,18-19H2,1-3H3,(H,31,35)/t26-/m0/s1. The topological polar surface area (TPSA) is 96.0 Å². The van der Waals surface area contributed by atoms with E-state index in [-0.39, 0.29) is 23.0 Å². The number of hydrogen-bond donors (Lipinski definition) is 1. The summed E-state index contributed by atoms with van der Waals surface area (Å²) in [4.78, 5) is 28.3. The highest BCUT2D eigenvalue weighted by Crippen LogP contribution is 2.28. The number of carbonyl (C=O) groups is 2. The molecule has 1 atom stereocenters. The van der Waals surface area contributed by atoms with E-state index in [9.17, 15) is 18.0 Å². The average molecular weight is 593 g/mol. The maximum absolute atomic E-state index is 14.0. The maximum atomic E-state index is 14.0. The third-order valence-corrected chi connectivity index (χ3v) is 8.45. The molecule has 2 amide bonds. The monoisotopic (exact) mass is 591 g/mol. The smallest absolute Gasteiger partial charge is 0.264 e. The molecular formula is C28H31Cl2N3O5S. The van der Waals surface area contributed by atoms with Gasteiger partial charge in [0.15, 0.2) is 0 Å². The van der Waals surface area contributed by atoms with Crippen LogP contribution in [0.2, 0.25) is 10.0 Å². The molecule has 1 N–H and O–H groups in total. The number of amides is 2. The van der Waals surface area contributed by atoms with Gasteiger partial charge in [-0.25, -0.2) is 8.42 Å². The number of methoxy groups -OCH3 is 1. The molecule has 0 heterocycles. The van der Waals surface area contributed by atoms with Gasteiger partial charge >= 0.3 is 0 Å². The van der Waals surface area contributed by atoms with Crippen LogP contribution in [0.3, 0.4) is 0 Å². The molecule has 208 valence electrons. The highest BCUT2D eigenvalue weighted by Gasteiger charge is 2.34. The molecule has 0 aliphatic carbocycles. The molecule has 39 heavy (non-hydrogen) atoms. The number of hydrogen-bond acceptors (Lipinski definition) is 5. The molecule has 0 unspecified atom stereocenters. The van der Waals surface area contributed by atoms with Crippen molar-refractivity contribution in [2.24, 2.45) is 0 Å². The number of nitrogens with zero attached hydrogens (tertiary/aromatic N) is 2. The number of rotatable bonds is 12. The molecule has 11 heteroatoms. The molecule has 0 aromatic heterocycles. The molecule has 8 nitrogen and oxygen atoms in total. The van der Waals surface area contributed by atoms with Crippen LogP contribution in [0.4, 0.5) is 5.69 Å². The molecule has 0 radical (unpaired) electrons. The van der Waals surface area contributed by atoms with Crippen molar-refractivity contribution in [1.29, 1.82) is 0 Å². The van der Waals surface area contributed by atoms with Gasteiger partial charge in [-0.2, -0.15) is 0 Å². The van der Waals surface area contributed by atoms with Crippen molar-refractivity contribution in [3.05, 3.63) is 88.4 Å². The van der Waals surface area contributed by atoms with E-state index in [1.54, 1.807) is 56.3 Å². The lowest BCUT2D eigenvalue weighted by Crippen LogP contribution is -2.52. The van der Waals surface area contributed by atoms with Crippen LogP contribution in [0.25, 0.3) is 0 Å². The van der Waals surface area contributed by atoms with E-state index in [0.29, 0.717) is 34.3 Å². The lowest BCUT2D eigenvalue weighted by atomic mass is 10.1. The summed E-state index contributed by atoms with van der Waals surface area (Å²) < 4.78 is 33.9. The summed E-state index contributed by atoms with van der Waals surface area (Å²) in [6.07, 6.45) is 0.310. The Balaban J connectivity index is 2.07. The molecule has 3 aromatic rings. The minimum absolute atomic E-state index is 0.0140. The predicted octanol–water partition coefficient (Wildman–Crippen LogP) is 5.14. The summed E-state index contributed by atoms with van der Waals surface area (Å²) >= 11 is 12.6. The van der Waals surface area contributed by atoms with E-state index in [1.165, 1.54) is 42.3 Å². The Morgan fingerprint density at radius 3 is 2.26 bits per heavy atom. The lowest BCUT2D eigenvalue weighted by molar-refractivity contribution is -0.140. The number of halogens is 2. The zero-order valence-corrected chi connectivity index (χ0v) is 24.3. The van der Waals surface area contributed by atoms with Crippen LogP contribution in [0.1, 0.15) is 25.8 Å². The third-order valence-electron chi connectivity index (χ3n) is 6.06. The van der Waals surface area contributed by atoms with Crippen molar-refractivity contribution >= 4 is 50.7 Å². The second kappa shape index (κ2) is 13.7. The van der Waals surface area contributed by atoms with Crippen molar-refractivity contribution in [2.75, 3.05) is 24.5 Å². The second-order valence-corrected chi connectivity index (χ2v) is 11.3. The van der Waals surface area contributed by atoms with Crippen LogP contribution in [0.5, 0.6) is 5.75 Å². The largest absolute Gasteiger partial charge is 0.497 e. The quantitative estimate of drug-likeness (QED) is 0.314. The Morgan fingerprint density at radius 2 is 1.67 bits per heavy atom. The molecule has 0 spiro atoms. The van der Waals surface area contributed by atoms with Crippen LogP contribution in [-0.4, -0.2) is 51.4 Å². The van der Waals surface area contributed by atoms with Gasteiger partial charge in [-0.1, -0.05) is 54.4 Å². The fraction of sp³-hybridized carbons (Fsp3) is 0.286. The Bertz CT molecular complexity index is 1400. The van der Waals surface area contributed by atoms with Crippen molar-refractivity contribution in [3.8, 4) is 5.75 Å². The fourth-order valence-electron chi connectivity index (χ4n) is 4.06. The number of nitrogens with one attached hydrogen (secondary N) is 1. The molecule has 0 saturated heterocycles. The minimum atomic E-state index is -4.22. The van der Waals surface area contributed by atoms with E-state index in [1.807, 2.05) is 0 Å². The molecule has 3 aromatic carbocycles. The van der Waals surface area contributed by atoms with Crippen molar-refractivity contribution in [1.82, 2.24) is 10.2 Å². The van der Waals surface area contributed by atoms with E-state index in [0.717, 1.165) is 4.31 Å². The average Bonchev–Trinajstić information content (AvgIpc) is 2.92. The fourth-order valence-corrected chi connectivity index (χ4v) is 5.84. The van der Waals surface area contributed by atoms with Crippen molar-refractivity contribution in [3.63, 3.8) is 0 Å². The number of likely N-dealkylation sites (N-methyl/N-ethyl adjacent to an activating group) is 1. The number of anilines is 1. The second-order valence-electron chi connectivity index (χ2n) is 8.60. The van der Waals surface area contributed by atoms with E-state index in [2.05, 4.69) is 5.32 Å². The van der Waals surface area contributed by atoms with Crippen LogP contribution >= 0.6 is 23.2 Å².